The second-order valence-corrected chi connectivity index (χ2v) is 3.92. The van der Waals surface area contributed by atoms with Crippen molar-refractivity contribution in [2.45, 2.75) is 52.4 Å². The van der Waals surface area contributed by atoms with Crippen molar-refractivity contribution in [3.63, 3.8) is 0 Å². The maximum Gasteiger partial charge on any atom is 0.154 e. The molecule has 0 heterocycles. The van der Waals surface area contributed by atoms with Crippen molar-refractivity contribution in [3.05, 3.63) is 0 Å². The lowest BCUT2D eigenvalue weighted by atomic mass is 9.94. The lowest BCUT2D eigenvalue weighted by Gasteiger charge is -2.19. The molecule has 0 saturated carbocycles. The molecule has 80 valence electrons. The molecular weight excluding hydrogens is 168 g/mol. The molecule has 3 heteroatoms. The Labute approximate surface area is 80.4 Å². The van der Waals surface area contributed by atoms with Gasteiger partial charge in [-0.3, -0.25) is 0 Å². The summed E-state index contributed by atoms with van der Waals surface area (Å²) in [6, 6.07) is 0. The zero-order valence-corrected chi connectivity index (χ0v) is 8.77. The molecule has 0 aliphatic rings. The summed E-state index contributed by atoms with van der Waals surface area (Å²) in [6.45, 7) is 5.82. The zero-order chi connectivity index (χ0) is 10.4. The Kier molecular flexibility index (Phi) is 6.29. The normalized spacial score (nSPS) is 18.7. The molecule has 0 spiro atoms. The van der Waals surface area contributed by atoms with Gasteiger partial charge in [-0.25, -0.2) is 0 Å². The second kappa shape index (κ2) is 6.35. The first-order chi connectivity index (χ1) is 5.99. The highest BCUT2D eigenvalue weighted by atomic mass is 16.5. The maximum absolute atomic E-state index is 9.59. The Morgan fingerprint density at radius 1 is 0.923 bits per heavy atom. The van der Waals surface area contributed by atoms with Gasteiger partial charge in [-0.1, -0.05) is 27.2 Å². The first kappa shape index (κ1) is 12.9. The van der Waals surface area contributed by atoms with E-state index in [2.05, 4.69) is 0 Å². The summed E-state index contributed by atoms with van der Waals surface area (Å²) in [6.07, 6.45) is 0.684. The van der Waals surface area contributed by atoms with Crippen LogP contribution in [-0.2, 0) is 0 Å². The van der Waals surface area contributed by atoms with Crippen LogP contribution in [0.1, 0.15) is 40.0 Å². The molecule has 0 aromatic rings. The topological polar surface area (TPSA) is 60.7 Å². The Morgan fingerprint density at radius 2 is 1.46 bits per heavy atom. The number of aliphatic hydroxyl groups excluding tert-OH is 2. The van der Waals surface area contributed by atoms with E-state index in [0.29, 0.717) is 18.8 Å². The Balaban J connectivity index is 3.63. The summed E-state index contributed by atoms with van der Waals surface area (Å²) in [7, 11) is 0. The highest BCUT2D eigenvalue weighted by molar-refractivity contribution is 4.65. The van der Waals surface area contributed by atoms with E-state index in [1.54, 1.807) is 6.92 Å². The van der Waals surface area contributed by atoms with Crippen LogP contribution in [-0.4, -0.2) is 27.7 Å². The van der Waals surface area contributed by atoms with Crippen molar-refractivity contribution in [1.82, 2.24) is 0 Å². The molecular formula is C10H22O3. The van der Waals surface area contributed by atoms with Crippen LogP contribution in [0.3, 0.4) is 0 Å². The molecule has 13 heavy (non-hydrogen) atoms. The van der Waals surface area contributed by atoms with Crippen LogP contribution in [0, 0.1) is 11.8 Å². The number of hydrogen-bond donors (Lipinski definition) is 3. The van der Waals surface area contributed by atoms with E-state index in [1.807, 2.05) is 13.8 Å². The molecule has 0 aromatic carbocycles. The number of aliphatic hydroxyl groups is 3. The van der Waals surface area contributed by atoms with E-state index >= 15 is 0 Å². The van der Waals surface area contributed by atoms with Gasteiger partial charge in [0.05, 0.1) is 6.10 Å². The van der Waals surface area contributed by atoms with E-state index in [4.69, 9.17) is 10.2 Å². The molecule has 0 saturated heterocycles. The largest absolute Gasteiger partial charge is 0.393 e. The van der Waals surface area contributed by atoms with Crippen LogP contribution in [0.15, 0.2) is 0 Å². The van der Waals surface area contributed by atoms with Gasteiger partial charge in [0, 0.05) is 5.92 Å². The van der Waals surface area contributed by atoms with Crippen molar-refractivity contribution in [2.75, 3.05) is 0 Å². The Bertz CT molecular complexity index is 125. The van der Waals surface area contributed by atoms with Gasteiger partial charge in [-0.15, -0.1) is 0 Å². The van der Waals surface area contributed by atoms with Crippen LogP contribution in [0.25, 0.3) is 0 Å². The quantitative estimate of drug-likeness (QED) is 0.550. The van der Waals surface area contributed by atoms with Crippen LogP contribution < -0.4 is 0 Å². The molecule has 0 rings (SSSR count). The molecule has 3 N–H and O–H groups in total. The Hall–Kier alpha value is -0.120. The minimum atomic E-state index is -1.26. The second-order valence-electron chi connectivity index (χ2n) is 3.92. The van der Waals surface area contributed by atoms with E-state index in [-0.39, 0.29) is 12.0 Å². The molecule has 0 aliphatic carbocycles. The molecule has 3 nitrogen and oxygen atoms in total. The van der Waals surface area contributed by atoms with Gasteiger partial charge in [0.1, 0.15) is 0 Å². The third-order valence-electron chi connectivity index (χ3n) is 2.73. The van der Waals surface area contributed by atoms with Crippen molar-refractivity contribution in [3.8, 4) is 0 Å². The lowest BCUT2D eigenvalue weighted by molar-refractivity contribution is -0.0833. The fourth-order valence-electron chi connectivity index (χ4n) is 1.14. The predicted molar refractivity (Wildman–Crippen MR) is 52.1 cm³/mol. The van der Waals surface area contributed by atoms with Crippen LogP contribution in [0.5, 0.6) is 0 Å². The zero-order valence-electron chi connectivity index (χ0n) is 8.77. The highest BCUT2D eigenvalue weighted by Crippen LogP contribution is 2.17. The van der Waals surface area contributed by atoms with Gasteiger partial charge < -0.3 is 15.3 Å². The number of rotatable bonds is 6. The summed E-state index contributed by atoms with van der Waals surface area (Å²) < 4.78 is 0. The minimum absolute atomic E-state index is 0.154. The minimum Gasteiger partial charge on any atom is -0.393 e. The van der Waals surface area contributed by atoms with Gasteiger partial charge >= 0.3 is 0 Å². The fourth-order valence-corrected chi connectivity index (χ4v) is 1.14. The van der Waals surface area contributed by atoms with E-state index in [0.717, 1.165) is 6.42 Å². The van der Waals surface area contributed by atoms with Gasteiger partial charge in [0.25, 0.3) is 0 Å². The predicted octanol–water partition coefficient (Wildman–Crippen LogP) is 1.12. The van der Waals surface area contributed by atoms with Gasteiger partial charge in [-0.2, -0.15) is 0 Å². The SMILES string of the molecule is CCC(C)C(O)CCC(C)C(O)O. The first-order valence-corrected chi connectivity index (χ1v) is 5.03. The van der Waals surface area contributed by atoms with Crippen LogP contribution in [0.2, 0.25) is 0 Å². The van der Waals surface area contributed by atoms with Gasteiger partial charge in [-0.05, 0) is 18.8 Å². The molecule has 3 atom stereocenters. The van der Waals surface area contributed by atoms with E-state index in [1.165, 1.54) is 0 Å². The first-order valence-electron chi connectivity index (χ1n) is 5.03. The fraction of sp³-hybridized carbons (Fsp3) is 1.00. The molecule has 0 amide bonds. The summed E-state index contributed by atoms with van der Waals surface area (Å²) in [4.78, 5) is 0. The Morgan fingerprint density at radius 3 is 1.85 bits per heavy atom. The van der Waals surface area contributed by atoms with Crippen molar-refractivity contribution >= 4 is 0 Å². The molecule has 3 unspecified atom stereocenters. The maximum atomic E-state index is 9.59. The smallest absolute Gasteiger partial charge is 0.154 e. The van der Waals surface area contributed by atoms with Crippen molar-refractivity contribution in [2.24, 2.45) is 11.8 Å². The van der Waals surface area contributed by atoms with Gasteiger partial charge in [0.15, 0.2) is 6.29 Å². The van der Waals surface area contributed by atoms with Crippen LogP contribution in [0.4, 0.5) is 0 Å². The van der Waals surface area contributed by atoms with Crippen LogP contribution >= 0.6 is 0 Å². The summed E-state index contributed by atoms with van der Waals surface area (Å²) >= 11 is 0. The average Bonchev–Trinajstić information content (AvgIpc) is 2.11. The van der Waals surface area contributed by atoms with Crippen molar-refractivity contribution < 1.29 is 15.3 Å². The molecule has 0 fully saturated rings. The van der Waals surface area contributed by atoms with Crippen molar-refractivity contribution in [1.29, 1.82) is 0 Å². The average molecular weight is 190 g/mol. The molecule has 0 bridgehead atoms. The summed E-state index contributed by atoms with van der Waals surface area (Å²) in [5.41, 5.74) is 0. The number of hydrogen-bond acceptors (Lipinski definition) is 3. The monoisotopic (exact) mass is 190 g/mol. The standard InChI is InChI=1S/C10H22O3/c1-4-7(2)9(11)6-5-8(3)10(12)13/h7-13H,4-6H2,1-3H3. The molecule has 0 aliphatic heterocycles. The molecule has 0 aromatic heterocycles. The molecule has 0 radical (unpaired) electrons. The van der Waals surface area contributed by atoms with Gasteiger partial charge in [0.2, 0.25) is 0 Å². The lowest BCUT2D eigenvalue weighted by Crippen LogP contribution is -2.22. The van der Waals surface area contributed by atoms with E-state index in [9.17, 15) is 5.11 Å². The third kappa shape index (κ3) is 5.24. The summed E-state index contributed by atoms with van der Waals surface area (Å²) in [5, 5.41) is 27.2. The highest BCUT2D eigenvalue weighted by Gasteiger charge is 2.16. The third-order valence-corrected chi connectivity index (χ3v) is 2.73. The van der Waals surface area contributed by atoms with E-state index < -0.39 is 6.29 Å². The summed E-state index contributed by atoms with van der Waals surface area (Å²) in [5.74, 6) is 0.141.